The van der Waals surface area contributed by atoms with E-state index in [-0.39, 0.29) is 0 Å². The van der Waals surface area contributed by atoms with Crippen molar-refractivity contribution < 1.29 is 0 Å². The fourth-order valence-corrected chi connectivity index (χ4v) is 1.89. The van der Waals surface area contributed by atoms with E-state index in [1.165, 1.54) is 17.9 Å². The van der Waals surface area contributed by atoms with E-state index >= 15 is 0 Å². The third-order valence-electron chi connectivity index (χ3n) is 1.81. The first kappa shape index (κ1) is 10.4. The molecule has 0 saturated carbocycles. The number of hydrogen-bond acceptors (Lipinski definition) is 6. The Hall–Kier alpha value is -1.08. The molecule has 0 aliphatic carbocycles. The Balaban J connectivity index is 2.02. The van der Waals surface area contributed by atoms with Crippen LogP contribution in [0.3, 0.4) is 0 Å². The van der Waals surface area contributed by atoms with E-state index in [0.29, 0.717) is 6.54 Å². The predicted molar refractivity (Wildman–Crippen MR) is 61.7 cm³/mol. The van der Waals surface area contributed by atoms with E-state index in [1.807, 2.05) is 13.0 Å². The van der Waals surface area contributed by atoms with E-state index in [2.05, 4.69) is 40.8 Å². The highest BCUT2D eigenvalue weighted by atomic mass is 79.9. The van der Waals surface area contributed by atoms with E-state index < -0.39 is 0 Å². The van der Waals surface area contributed by atoms with Gasteiger partial charge in [-0.15, -0.1) is 5.10 Å². The van der Waals surface area contributed by atoms with Gasteiger partial charge in [0.25, 0.3) is 0 Å². The Kier molecular flexibility index (Phi) is 3.22. The minimum absolute atomic E-state index is 0.687. The Labute approximate surface area is 99.3 Å². The largest absolute Gasteiger partial charge is 0.365 e. The van der Waals surface area contributed by atoms with Gasteiger partial charge in [0.15, 0.2) is 0 Å². The SMILES string of the molecule is Cc1nnsc1CNc1cc(Br)ncn1. The van der Waals surface area contributed by atoms with Gasteiger partial charge in [-0.05, 0) is 34.4 Å². The zero-order chi connectivity index (χ0) is 10.7. The van der Waals surface area contributed by atoms with Gasteiger partial charge in [0.1, 0.15) is 16.7 Å². The molecule has 0 unspecified atom stereocenters. The lowest BCUT2D eigenvalue weighted by molar-refractivity contribution is 1.04. The van der Waals surface area contributed by atoms with Crippen molar-refractivity contribution in [3.8, 4) is 0 Å². The number of rotatable bonds is 3. The molecule has 0 fully saturated rings. The lowest BCUT2D eigenvalue weighted by atomic mass is 10.4. The number of anilines is 1. The van der Waals surface area contributed by atoms with Crippen molar-refractivity contribution in [1.29, 1.82) is 0 Å². The molecule has 2 aromatic rings. The predicted octanol–water partition coefficient (Wildman–Crippen LogP) is 2.01. The maximum atomic E-state index is 4.08. The van der Waals surface area contributed by atoms with Gasteiger partial charge in [0.2, 0.25) is 0 Å². The van der Waals surface area contributed by atoms with Crippen molar-refractivity contribution in [2.45, 2.75) is 13.5 Å². The van der Waals surface area contributed by atoms with E-state index in [1.54, 1.807) is 0 Å². The summed E-state index contributed by atoms with van der Waals surface area (Å²) in [6.07, 6.45) is 1.50. The number of nitrogens with one attached hydrogen (secondary N) is 1. The minimum atomic E-state index is 0.687. The second-order valence-electron chi connectivity index (χ2n) is 2.86. The molecule has 0 amide bonds. The molecule has 0 atom stereocenters. The van der Waals surface area contributed by atoms with Gasteiger partial charge in [-0.25, -0.2) is 9.97 Å². The highest BCUT2D eigenvalue weighted by Crippen LogP contribution is 2.13. The minimum Gasteiger partial charge on any atom is -0.365 e. The van der Waals surface area contributed by atoms with Crippen LogP contribution in [0.5, 0.6) is 0 Å². The molecule has 0 aromatic carbocycles. The maximum absolute atomic E-state index is 4.08. The third-order valence-corrected chi connectivity index (χ3v) is 3.07. The first-order valence-electron chi connectivity index (χ1n) is 4.25. The normalized spacial score (nSPS) is 10.3. The van der Waals surface area contributed by atoms with Gasteiger partial charge in [-0.2, -0.15) is 0 Å². The molecule has 1 N–H and O–H groups in total. The Morgan fingerprint density at radius 1 is 1.47 bits per heavy atom. The van der Waals surface area contributed by atoms with Gasteiger partial charge >= 0.3 is 0 Å². The summed E-state index contributed by atoms with van der Waals surface area (Å²) in [4.78, 5) is 9.14. The second kappa shape index (κ2) is 4.63. The molecular formula is C8H8BrN5S. The number of hydrogen-bond donors (Lipinski definition) is 1. The Morgan fingerprint density at radius 2 is 2.33 bits per heavy atom. The Morgan fingerprint density at radius 3 is 3.00 bits per heavy atom. The summed E-state index contributed by atoms with van der Waals surface area (Å²) in [5.74, 6) is 0.782. The number of aromatic nitrogens is 4. The fraction of sp³-hybridized carbons (Fsp3) is 0.250. The summed E-state index contributed by atoms with van der Waals surface area (Å²) < 4.78 is 4.62. The van der Waals surface area contributed by atoms with E-state index in [9.17, 15) is 0 Å². The van der Waals surface area contributed by atoms with Crippen molar-refractivity contribution in [3.05, 3.63) is 27.6 Å². The van der Waals surface area contributed by atoms with Gasteiger partial charge in [0, 0.05) is 6.07 Å². The average Bonchev–Trinajstić information content (AvgIpc) is 2.61. The van der Waals surface area contributed by atoms with Crippen LogP contribution < -0.4 is 5.32 Å². The van der Waals surface area contributed by atoms with E-state index in [0.717, 1.165) is 21.0 Å². The summed E-state index contributed by atoms with van der Waals surface area (Å²) in [6, 6.07) is 1.82. The van der Waals surface area contributed by atoms with Crippen molar-refractivity contribution in [2.24, 2.45) is 0 Å². The molecule has 2 aromatic heterocycles. The molecule has 15 heavy (non-hydrogen) atoms. The second-order valence-corrected chi connectivity index (χ2v) is 4.51. The topological polar surface area (TPSA) is 63.6 Å². The zero-order valence-electron chi connectivity index (χ0n) is 7.94. The molecule has 0 spiro atoms. The fourth-order valence-electron chi connectivity index (χ4n) is 1.01. The number of aryl methyl sites for hydroxylation is 1. The standard InChI is InChI=1S/C8H8BrN5S/c1-5-6(15-14-13-5)3-10-8-2-7(9)11-4-12-8/h2,4H,3H2,1H3,(H,10,11,12). The molecule has 2 rings (SSSR count). The van der Waals surface area contributed by atoms with Gasteiger partial charge in [-0.1, -0.05) is 4.49 Å². The lowest BCUT2D eigenvalue weighted by Gasteiger charge is -2.03. The Bertz CT molecular complexity index is 458. The average molecular weight is 286 g/mol. The molecule has 0 aliphatic rings. The van der Waals surface area contributed by atoms with Crippen molar-refractivity contribution in [2.75, 3.05) is 5.32 Å². The molecule has 7 heteroatoms. The van der Waals surface area contributed by atoms with Gasteiger partial charge in [-0.3, -0.25) is 0 Å². The molecule has 0 aliphatic heterocycles. The van der Waals surface area contributed by atoms with Crippen LogP contribution >= 0.6 is 27.5 Å². The molecule has 0 bridgehead atoms. The zero-order valence-corrected chi connectivity index (χ0v) is 10.3. The van der Waals surface area contributed by atoms with Crippen LogP contribution in [0.2, 0.25) is 0 Å². The van der Waals surface area contributed by atoms with Crippen LogP contribution in [0.25, 0.3) is 0 Å². The van der Waals surface area contributed by atoms with Crippen LogP contribution in [-0.2, 0) is 6.54 Å². The van der Waals surface area contributed by atoms with E-state index in [4.69, 9.17) is 0 Å². The monoisotopic (exact) mass is 285 g/mol. The van der Waals surface area contributed by atoms with Crippen molar-refractivity contribution in [1.82, 2.24) is 19.6 Å². The molecule has 0 saturated heterocycles. The van der Waals surface area contributed by atoms with Crippen LogP contribution in [0.15, 0.2) is 17.0 Å². The van der Waals surface area contributed by atoms with Crippen LogP contribution in [-0.4, -0.2) is 19.6 Å². The molecule has 0 radical (unpaired) electrons. The van der Waals surface area contributed by atoms with Crippen molar-refractivity contribution >= 4 is 33.3 Å². The van der Waals surface area contributed by atoms with Crippen LogP contribution in [0, 0.1) is 6.92 Å². The lowest BCUT2D eigenvalue weighted by Crippen LogP contribution is -2.01. The molecule has 2 heterocycles. The van der Waals surface area contributed by atoms with Gasteiger partial charge < -0.3 is 5.32 Å². The molecule has 5 nitrogen and oxygen atoms in total. The first-order chi connectivity index (χ1) is 7.25. The summed E-state index contributed by atoms with van der Waals surface area (Å²) in [6.45, 7) is 2.63. The highest BCUT2D eigenvalue weighted by molar-refractivity contribution is 9.10. The van der Waals surface area contributed by atoms with Crippen LogP contribution in [0.1, 0.15) is 10.6 Å². The summed E-state index contributed by atoms with van der Waals surface area (Å²) >= 11 is 4.68. The maximum Gasteiger partial charge on any atom is 0.130 e. The van der Waals surface area contributed by atoms with Crippen LogP contribution in [0.4, 0.5) is 5.82 Å². The number of halogens is 1. The third kappa shape index (κ3) is 2.69. The first-order valence-corrected chi connectivity index (χ1v) is 5.81. The van der Waals surface area contributed by atoms with Crippen molar-refractivity contribution in [3.63, 3.8) is 0 Å². The quantitative estimate of drug-likeness (QED) is 0.874. The molecule has 78 valence electrons. The smallest absolute Gasteiger partial charge is 0.130 e. The summed E-state index contributed by atoms with van der Waals surface area (Å²) in [7, 11) is 0. The highest BCUT2D eigenvalue weighted by Gasteiger charge is 2.03. The number of nitrogens with zero attached hydrogens (tertiary/aromatic N) is 4. The summed E-state index contributed by atoms with van der Waals surface area (Å²) in [5.41, 5.74) is 0.959. The molecular weight excluding hydrogens is 278 g/mol. The van der Waals surface area contributed by atoms with Gasteiger partial charge in [0.05, 0.1) is 17.1 Å². The summed E-state index contributed by atoms with van der Waals surface area (Å²) in [5, 5.41) is 7.11.